The van der Waals surface area contributed by atoms with Gasteiger partial charge in [0.1, 0.15) is 5.97 Å². The smallest absolute Gasteiger partial charge is 0.116 e. The van der Waals surface area contributed by atoms with E-state index in [0.29, 0.717) is 0 Å². The number of phosphoric acid groups is 2. The molecule has 0 fully saturated rings. The molecule has 0 aromatic carbocycles. The van der Waals surface area contributed by atoms with Crippen LogP contribution in [0.4, 0.5) is 0 Å². The Morgan fingerprint density at radius 2 is 1.36 bits per heavy atom. The number of hydrogen-bond acceptors (Lipinski definition) is 9. The molecule has 0 aliphatic heterocycles. The summed E-state index contributed by atoms with van der Waals surface area (Å²) in [6, 6.07) is 0. The summed E-state index contributed by atoms with van der Waals surface area (Å²) in [5, 5.41) is 9.02. The predicted molar refractivity (Wildman–Crippen MR) is 30.1 cm³/mol. The quantitative estimate of drug-likeness (QED) is 0.339. The number of carbonyl (C=O) groups is 1. The molecule has 0 saturated heterocycles. The van der Waals surface area contributed by atoms with Crippen molar-refractivity contribution in [3.63, 3.8) is 0 Å². The van der Waals surface area contributed by atoms with Crippen molar-refractivity contribution in [1.29, 1.82) is 0 Å². The molecule has 14 heavy (non-hydrogen) atoms. The van der Waals surface area contributed by atoms with Crippen LogP contribution in [-0.4, -0.2) is 5.97 Å². The van der Waals surface area contributed by atoms with Gasteiger partial charge in [-0.3, -0.25) is 0 Å². The average molecular weight is 243 g/mol. The molecule has 0 rings (SSSR count). The lowest BCUT2D eigenvalue weighted by molar-refractivity contribution is -0.364. The molecule has 0 N–H and O–H groups in total. The highest BCUT2D eigenvalue weighted by Gasteiger charge is 1.92. The van der Waals surface area contributed by atoms with Gasteiger partial charge in [0.2, 0.25) is 0 Å². The standard InChI is InChI=1S/C3H2O2.H4O7P2/c1-2-3(4)5;1-8(2,3)7-9(4,5)6/h1H,(H,4,5);(H2,1,2,3)(H2,4,5,6)/p-5. The zero-order valence-corrected chi connectivity index (χ0v) is 7.93. The Balaban J connectivity index is 0. The molecule has 0 unspecified atom stereocenters. The fraction of sp³-hybridized carbons (Fsp3) is 0. The van der Waals surface area contributed by atoms with E-state index in [1.807, 2.05) is 0 Å². The second kappa shape index (κ2) is 5.90. The lowest BCUT2D eigenvalue weighted by Crippen LogP contribution is -2.23. The van der Waals surface area contributed by atoms with E-state index in [2.05, 4.69) is 10.7 Å². The van der Waals surface area contributed by atoms with Gasteiger partial charge in [-0.1, -0.05) is 5.92 Å². The first-order valence-electron chi connectivity index (χ1n) is 2.41. The van der Waals surface area contributed by atoms with Crippen LogP contribution in [0.2, 0.25) is 0 Å². The molecule has 0 radical (unpaired) electrons. The SMILES string of the molecule is C#CC(=O)[O-].O=P([O-])([O-])OP(=O)([O-])[O-]. The summed E-state index contributed by atoms with van der Waals surface area (Å²) in [5.74, 6) is -0.134. The third-order valence-corrected chi connectivity index (χ3v) is 1.92. The highest BCUT2D eigenvalue weighted by molar-refractivity contribution is 7.57. The van der Waals surface area contributed by atoms with E-state index in [9.17, 15) is 28.7 Å². The molecule has 11 heteroatoms. The van der Waals surface area contributed by atoms with Gasteiger partial charge in [-0.15, -0.1) is 6.42 Å². The number of terminal acetylenes is 1. The number of carboxylic acid groups (broad SMARTS) is 1. The topological polar surface area (TPSA) is 176 Å². The summed E-state index contributed by atoms with van der Waals surface area (Å²) in [4.78, 5) is 46.3. The van der Waals surface area contributed by atoms with E-state index in [1.54, 1.807) is 0 Å². The van der Waals surface area contributed by atoms with Crippen LogP contribution in [0.3, 0.4) is 0 Å². The maximum atomic E-state index is 9.32. The van der Waals surface area contributed by atoms with E-state index < -0.39 is 21.6 Å². The first kappa shape index (κ1) is 15.7. The summed E-state index contributed by atoms with van der Waals surface area (Å²) in [6.45, 7) is 0. The molecular formula is C3HO9P2-5. The number of hydrogen-bond donors (Lipinski definition) is 0. The van der Waals surface area contributed by atoms with Gasteiger partial charge >= 0.3 is 0 Å². The van der Waals surface area contributed by atoms with Crippen LogP contribution in [0, 0.1) is 12.3 Å². The van der Waals surface area contributed by atoms with Gasteiger partial charge in [0, 0.05) is 0 Å². The normalized spacial score (nSPS) is 10.8. The fourth-order valence-corrected chi connectivity index (χ4v) is 1.10. The number of carbonyl (C=O) groups excluding carboxylic acids is 1. The first-order valence-corrected chi connectivity index (χ1v) is 5.33. The molecule has 0 amide bonds. The van der Waals surface area contributed by atoms with Gasteiger partial charge in [0.25, 0.3) is 0 Å². The molecule has 0 aliphatic carbocycles. The average Bonchev–Trinajstić information content (AvgIpc) is 1.80. The van der Waals surface area contributed by atoms with Crippen molar-refractivity contribution in [3.8, 4) is 12.3 Å². The Kier molecular flexibility index (Phi) is 6.64. The van der Waals surface area contributed by atoms with Crippen LogP contribution in [0.25, 0.3) is 0 Å². The van der Waals surface area contributed by atoms with Crippen molar-refractivity contribution in [1.82, 2.24) is 0 Å². The Bertz CT molecular complexity index is 293. The molecule has 0 aliphatic rings. The monoisotopic (exact) mass is 243 g/mol. The van der Waals surface area contributed by atoms with Crippen LogP contribution in [0.5, 0.6) is 0 Å². The van der Waals surface area contributed by atoms with Gasteiger partial charge in [-0.25, -0.2) is 0 Å². The molecule has 0 aromatic heterocycles. The van der Waals surface area contributed by atoms with E-state index in [0.717, 1.165) is 0 Å². The van der Waals surface area contributed by atoms with Crippen LogP contribution in [-0.2, 0) is 18.2 Å². The van der Waals surface area contributed by atoms with E-state index in [-0.39, 0.29) is 0 Å². The van der Waals surface area contributed by atoms with Crippen molar-refractivity contribution in [2.24, 2.45) is 0 Å². The Hall–Kier alpha value is -0.710. The predicted octanol–water partition coefficient (Wildman–Crippen LogP) is -4.97. The van der Waals surface area contributed by atoms with Crippen molar-refractivity contribution >= 4 is 21.6 Å². The molecule has 0 aromatic rings. The zero-order chi connectivity index (χ0) is 12.0. The van der Waals surface area contributed by atoms with E-state index in [1.165, 1.54) is 5.92 Å². The van der Waals surface area contributed by atoms with Gasteiger partial charge in [-0.05, 0) is 0 Å². The maximum absolute atomic E-state index is 9.32. The second-order valence-electron chi connectivity index (χ2n) is 1.41. The van der Waals surface area contributed by atoms with E-state index in [4.69, 9.17) is 9.90 Å². The van der Waals surface area contributed by atoms with Crippen LogP contribution < -0.4 is 24.7 Å². The van der Waals surface area contributed by atoms with Gasteiger partial charge in [0.05, 0.1) is 15.6 Å². The number of carboxylic acids is 1. The molecule has 0 atom stereocenters. The van der Waals surface area contributed by atoms with Crippen molar-refractivity contribution in [2.75, 3.05) is 0 Å². The molecular weight excluding hydrogens is 242 g/mol. The maximum Gasteiger partial charge on any atom is 0.116 e. The fourth-order valence-electron chi connectivity index (χ4n) is 0.122. The van der Waals surface area contributed by atoms with Gasteiger partial charge < -0.3 is 42.9 Å². The molecule has 0 heterocycles. The van der Waals surface area contributed by atoms with Gasteiger partial charge in [-0.2, -0.15) is 0 Å². The molecule has 9 nitrogen and oxygen atoms in total. The Morgan fingerprint density at radius 1 is 1.14 bits per heavy atom. The lowest BCUT2D eigenvalue weighted by atomic mass is 10.7. The Labute approximate surface area is 77.8 Å². The largest absolute Gasteiger partial charge is 0.790 e. The van der Waals surface area contributed by atoms with E-state index >= 15 is 0 Å². The van der Waals surface area contributed by atoms with Crippen LogP contribution in [0.15, 0.2) is 0 Å². The summed E-state index contributed by atoms with van der Waals surface area (Å²) in [7, 11) is -11.4. The van der Waals surface area contributed by atoms with Crippen molar-refractivity contribution < 1.29 is 42.9 Å². The summed E-state index contributed by atoms with van der Waals surface area (Å²) >= 11 is 0. The molecule has 0 saturated carbocycles. The minimum Gasteiger partial charge on any atom is -0.790 e. The second-order valence-corrected chi connectivity index (χ2v) is 3.85. The third kappa shape index (κ3) is 22.5. The summed E-state index contributed by atoms with van der Waals surface area (Å²) in [5.41, 5.74) is 0. The Morgan fingerprint density at radius 3 is 1.36 bits per heavy atom. The van der Waals surface area contributed by atoms with Crippen molar-refractivity contribution in [3.05, 3.63) is 0 Å². The zero-order valence-electron chi connectivity index (χ0n) is 6.15. The minimum absolute atomic E-state index is 1.33. The van der Waals surface area contributed by atoms with Crippen molar-refractivity contribution in [2.45, 2.75) is 0 Å². The number of rotatable bonds is 2. The molecule has 0 spiro atoms. The number of aliphatic carboxylic acids is 1. The van der Waals surface area contributed by atoms with Gasteiger partial charge in [0.15, 0.2) is 0 Å². The minimum atomic E-state index is -5.68. The third-order valence-electron chi connectivity index (χ3n) is 0.318. The highest BCUT2D eigenvalue weighted by atomic mass is 31.3. The molecule has 82 valence electrons. The van der Waals surface area contributed by atoms with Crippen LogP contribution in [0.1, 0.15) is 0 Å². The summed E-state index contributed by atoms with van der Waals surface area (Å²) < 4.78 is 21.2. The first-order chi connectivity index (χ1) is 5.98. The summed E-state index contributed by atoms with van der Waals surface area (Å²) in [6.07, 6.45) is 4.26. The molecule has 0 bridgehead atoms. The van der Waals surface area contributed by atoms with Crippen LogP contribution >= 0.6 is 15.6 Å². The highest BCUT2D eigenvalue weighted by Crippen LogP contribution is 2.42. The lowest BCUT2D eigenvalue weighted by Gasteiger charge is -2.39.